The standard InChI is InChI=1S/C16H19ClN2O2/c1-11(12-4-6-13(17)7-5-12)19-10-14-16(21-3)15(20-2)8-9-18-14/h4-9,11,19H,10H2,1-3H3/t11-/m0/s1. The zero-order chi connectivity index (χ0) is 15.2. The number of methoxy groups -OCH3 is 2. The Hall–Kier alpha value is -1.78. The maximum Gasteiger partial charge on any atom is 0.183 e. The van der Waals surface area contributed by atoms with Crippen LogP contribution in [0.5, 0.6) is 11.5 Å². The number of ether oxygens (including phenoxy) is 2. The molecule has 0 saturated carbocycles. The highest BCUT2D eigenvalue weighted by Gasteiger charge is 2.12. The molecule has 2 rings (SSSR count). The number of halogens is 1. The number of rotatable bonds is 6. The fourth-order valence-electron chi connectivity index (χ4n) is 2.10. The third-order valence-electron chi connectivity index (χ3n) is 3.31. The molecule has 0 fully saturated rings. The Morgan fingerprint density at radius 2 is 1.86 bits per heavy atom. The van der Waals surface area contributed by atoms with E-state index in [9.17, 15) is 0 Å². The molecule has 0 radical (unpaired) electrons. The van der Waals surface area contributed by atoms with Crippen LogP contribution in [-0.4, -0.2) is 19.2 Å². The van der Waals surface area contributed by atoms with Gasteiger partial charge in [-0.15, -0.1) is 0 Å². The van der Waals surface area contributed by atoms with Gasteiger partial charge in [-0.05, 0) is 24.6 Å². The lowest BCUT2D eigenvalue weighted by molar-refractivity contribution is 0.347. The highest BCUT2D eigenvalue weighted by atomic mass is 35.5. The lowest BCUT2D eigenvalue weighted by Crippen LogP contribution is -2.19. The molecule has 1 aromatic carbocycles. The van der Waals surface area contributed by atoms with E-state index in [0.717, 1.165) is 10.7 Å². The van der Waals surface area contributed by atoms with Gasteiger partial charge >= 0.3 is 0 Å². The van der Waals surface area contributed by atoms with Gasteiger partial charge in [0.2, 0.25) is 0 Å². The van der Waals surface area contributed by atoms with Crippen molar-refractivity contribution in [2.75, 3.05) is 14.2 Å². The van der Waals surface area contributed by atoms with E-state index in [1.807, 2.05) is 24.3 Å². The minimum atomic E-state index is 0.181. The van der Waals surface area contributed by atoms with Crippen molar-refractivity contribution in [3.8, 4) is 11.5 Å². The average Bonchev–Trinajstić information content (AvgIpc) is 2.52. The molecular weight excluding hydrogens is 288 g/mol. The molecule has 1 N–H and O–H groups in total. The first-order chi connectivity index (χ1) is 10.2. The summed E-state index contributed by atoms with van der Waals surface area (Å²) in [6.07, 6.45) is 1.71. The van der Waals surface area contributed by atoms with E-state index in [4.69, 9.17) is 21.1 Å². The second-order valence-corrected chi connectivity index (χ2v) is 5.08. The van der Waals surface area contributed by atoms with Crippen LogP contribution in [0.1, 0.15) is 24.2 Å². The lowest BCUT2D eigenvalue weighted by Gasteiger charge is -2.16. The quantitative estimate of drug-likeness (QED) is 0.885. The summed E-state index contributed by atoms with van der Waals surface area (Å²) in [7, 11) is 3.23. The van der Waals surface area contributed by atoms with Crippen molar-refractivity contribution in [3.05, 3.63) is 52.8 Å². The molecule has 21 heavy (non-hydrogen) atoms. The van der Waals surface area contributed by atoms with Gasteiger partial charge in [0.15, 0.2) is 11.5 Å². The number of hydrogen-bond donors (Lipinski definition) is 1. The number of hydrogen-bond acceptors (Lipinski definition) is 4. The van der Waals surface area contributed by atoms with Gasteiger partial charge in [-0.3, -0.25) is 4.98 Å². The van der Waals surface area contributed by atoms with Crippen LogP contribution in [0.3, 0.4) is 0 Å². The van der Waals surface area contributed by atoms with Gasteiger partial charge in [-0.25, -0.2) is 0 Å². The van der Waals surface area contributed by atoms with Gasteiger partial charge in [0.25, 0.3) is 0 Å². The molecule has 0 saturated heterocycles. The first-order valence-electron chi connectivity index (χ1n) is 6.70. The molecule has 0 aliphatic rings. The fourth-order valence-corrected chi connectivity index (χ4v) is 2.22. The van der Waals surface area contributed by atoms with E-state index in [1.54, 1.807) is 26.5 Å². The zero-order valence-electron chi connectivity index (χ0n) is 12.4. The van der Waals surface area contributed by atoms with Crippen molar-refractivity contribution in [1.82, 2.24) is 10.3 Å². The molecule has 1 heterocycles. The summed E-state index contributed by atoms with van der Waals surface area (Å²) in [4.78, 5) is 4.35. The van der Waals surface area contributed by atoms with Crippen molar-refractivity contribution in [2.45, 2.75) is 19.5 Å². The van der Waals surface area contributed by atoms with E-state index in [0.29, 0.717) is 18.0 Å². The third kappa shape index (κ3) is 3.86. The minimum absolute atomic E-state index is 0.181. The maximum absolute atomic E-state index is 5.90. The van der Waals surface area contributed by atoms with E-state index in [1.165, 1.54) is 5.56 Å². The lowest BCUT2D eigenvalue weighted by atomic mass is 10.1. The maximum atomic E-state index is 5.90. The van der Waals surface area contributed by atoms with Crippen LogP contribution in [0.2, 0.25) is 5.02 Å². The normalized spacial score (nSPS) is 12.0. The first kappa shape index (κ1) is 15.6. The largest absolute Gasteiger partial charge is 0.493 e. The van der Waals surface area contributed by atoms with Gasteiger partial charge in [0.1, 0.15) is 0 Å². The Kier molecular flexibility index (Phi) is 5.42. The fraction of sp³-hybridized carbons (Fsp3) is 0.312. The molecule has 0 bridgehead atoms. The van der Waals surface area contributed by atoms with Crippen LogP contribution in [0.4, 0.5) is 0 Å². The van der Waals surface area contributed by atoms with Crippen LogP contribution in [0.15, 0.2) is 36.5 Å². The van der Waals surface area contributed by atoms with Crippen LogP contribution < -0.4 is 14.8 Å². The summed E-state index contributed by atoms with van der Waals surface area (Å²) in [5, 5.41) is 4.16. The Morgan fingerprint density at radius 1 is 1.14 bits per heavy atom. The summed E-state index contributed by atoms with van der Waals surface area (Å²) in [6.45, 7) is 2.68. The summed E-state index contributed by atoms with van der Waals surface area (Å²) < 4.78 is 10.7. The molecule has 2 aromatic rings. The topological polar surface area (TPSA) is 43.4 Å². The van der Waals surface area contributed by atoms with E-state index in [2.05, 4.69) is 17.2 Å². The van der Waals surface area contributed by atoms with Crippen molar-refractivity contribution < 1.29 is 9.47 Å². The van der Waals surface area contributed by atoms with Gasteiger partial charge in [0.05, 0.1) is 19.9 Å². The number of benzene rings is 1. The highest BCUT2D eigenvalue weighted by molar-refractivity contribution is 6.30. The smallest absolute Gasteiger partial charge is 0.183 e. The molecule has 112 valence electrons. The minimum Gasteiger partial charge on any atom is -0.493 e. The average molecular weight is 307 g/mol. The molecule has 1 atom stereocenters. The number of nitrogens with zero attached hydrogens (tertiary/aromatic N) is 1. The van der Waals surface area contributed by atoms with E-state index < -0.39 is 0 Å². The van der Waals surface area contributed by atoms with E-state index >= 15 is 0 Å². The van der Waals surface area contributed by atoms with Gasteiger partial charge in [0, 0.05) is 29.9 Å². The number of nitrogens with one attached hydrogen (secondary N) is 1. The second kappa shape index (κ2) is 7.29. The Balaban J connectivity index is 2.07. The summed E-state index contributed by atoms with van der Waals surface area (Å²) in [5.41, 5.74) is 1.99. The first-order valence-corrected chi connectivity index (χ1v) is 7.08. The highest BCUT2D eigenvalue weighted by Crippen LogP contribution is 2.29. The van der Waals surface area contributed by atoms with Crippen LogP contribution in [0.25, 0.3) is 0 Å². The van der Waals surface area contributed by atoms with Crippen molar-refractivity contribution in [2.24, 2.45) is 0 Å². The van der Waals surface area contributed by atoms with Crippen LogP contribution in [-0.2, 0) is 6.54 Å². The Labute approximate surface area is 130 Å². The number of aromatic nitrogens is 1. The zero-order valence-corrected chi connectivity index (χ0v) is 13.1. The monoisotopic (exact) mass is 306 g/mol. The van der Waals surface area contributed by atoms with Gasteiger partial charge < -0.3 is 14.8 Å². The summed E-state index contributed by atoms with van der Waals surface area (Å²) in [6, 6.07) is 9.76. The van der Waals surface area contributed by atoms with Crippen LogP contribution >= 0.6 is 11.6 Å². The Morgan fingerprint density at radius 3 is 2.48 bits per heavy atom. The predicted octanol–water partition coefficient (Wildman–Crippen LogP) is 3.60. The van der Waals surface area contributed by atoms with Crippen LogP contribution in [0, 0.1) is 0 Å². The van der Waals surface area contributed by atoms with Crippen molar-refractivity contribution in [3.63, 3.8) is 0 Å². The van der Waals surface area contributed by atoms with Crippen molar-refractivity contribution >= 4 is 11.6 Å². The molecule has 0 unspecified atom stereocenters. The number of pyridine rings is 1. The predicted molar refractivity (Wildman–Crippen MR) is 84.0 cm³/mol. The molecule has 0 aliphatic carbocycles. The molecule has 0 amide bonds. The summed E-state index contributed by atoms with van der Waals surface area (Å²) in [5.74, 6) is 1.35. The van der Waals surface area contributed by atoms with Crippen molar-refractivity contribution in [1.29, 1.82) is 0 Å². The molecular formula is C16H19ClN2O2. The third-order valence-corrected chi connectivity index (χ3v) is 3.56. The SMILES string of the molecule is COc1ccnc(CN[C@@H](C)c2ccc(Cl)cc2)c1OC. The molecule has 1 aromatic heterocycles. The van der Waals surface area contributed by atoms with Gasteiger partial charge in [-0.2, -0.15) is 0 Å². The molecule has 0 spiro atoms. The summed E-state index contributed by atoms with van der Waals surface area (Å²) >= 11 is 5.90. The molecule has 5 heteroatoms. The Bertz CT molecular complexity index is 587. The van der Waals surface area contributed by atoms with E-state index in [-0.39, 0.29) is 6.04 Å². The van der Waals surface area contributed by atoms with Gasteiger partial charge in [-0.1, -0.05) is 23.7 Å². The second-order valence-electron chi connectivity index (χ2n) is 4.65. The molecule has 4 nitrogen and oxygen atoms in total. The molecule has 0 aliphatic heterocycles.